The third-order valence-corrected chi connectivity index (χ3v) is 11.7. The van der Waals surface area contributed by atoms with Gasteiger partial charge in [-0.2, -0.15) is 23.1 Å². The van der Waals surface area contributed by atoms with Crippen molar-refractivity contribution in [3.8, 4) is 22.9 Å². The van der Waals surface area contributed by atoms with Crippen molar-refractivity contribution in [1.82, 2.24) is 25.2 Å². The molecule has 11 nitrogen and oxygen atoms in total. The number of anilines is 2. The number of aromatic nitrogens is 2. The number of nitrogens with zero attached hydrogens (tertiary/aromatic N) is 5. The van der Waals surface area contributed by atoms with Gasteiger partial charge in [0, 0.05) is 81.4 Å². The highest BCUT2D eigenvalue weighted by molar-refractivity contribution is 6.02. The van der Waals surface area contributed by atoms with Gasteiger partial charge in [-0.15, -0.1) is 0 Å². The summed E-state index contributed by atoms with van der Waals surface area (Å²) >= 11 is 0. The number of benzene rings is 2. The van der Waals surface area contributed by atoms with Crippen molar-refractivity contribution < 1.29 is 32.2 Å². The second kappa shape index (κ2) is 14.3. The first-order chi connectivity index (χ1) is 25.5. The van der Waals surface area contributed by atoms with E-state index in [4.69, 9.17) is 24.2 Å². The molecule has 3 saturated heterocycles. The number of amides is 1. The molecule has 1 saturated carbocycles. The van der Waals surface area contributed by atoms with Crippen LogP contribution in [0.15, 0.2) is 30.9 Å². The maximum absolute atomic E-state index is 14.1. The number of likely N-dealkylation sites (tertiary alicyclic amines) is 2. The number of halogens is 3. The fourth-order valence-electron chi connectivity index (χ4n) is 8.60. The van der Waals surface area contributed by atoms with Crippen molar-refractivity contribution in [2.45, 2.75) is 70.2 Å². The highest BCUT2D eigenvalue weighted by atomic mass is 19.4. The van der Waals surface area contributed by atoms with E-state index in [1.54, 1.807) is 7.11 Å². The van der Waals surface area contributed by atoms with Gasteiger partial charge in [0.1, 0.15) is 17.4 Å². The lowest BCUT2D eigenvalue weighted by atomic mass is 9.72. The number of hydrogen-bond acceptors (Lipinski definition) is 10. The Morgan fingerprint density at radius 1 is 1.08 bits per heavy atom. The molecule has 284 valence electrons. The summed E-state index contributed by atoms with van der Waals surface area (Å²) in [6, 6.07) is 6.25. The van der Waals surface area contributed by atoms with Crippen LogP contribution in [0.1, 0.15) is 61.1 Å². The molecule has 5 aliphatic rings. The molecular formula is C39H48F3N7O4. The number of piperidine rings is 2. The Balaban J connectivity index is 1.24. The van der Waals surface area contributed by atoms with Crippen molar-refractivity contribution in [1.29, 1.82) is 0 Å². The fourth-order valence-corrected chi connectivity index (χ4v) is 8.60. The second-order valence-corrected chi connectivity index (χ2v) is 15.4. The zero-order valence-electron chi connectivity index (χ0n) is 30.5. The molecule has 14 heteroatoms. The summed E-state index contributed by atoms with van der Waals surface area (Å²) in [5.74, 6) is 0.908. The minimum Gasteiger partial charge on any atom is -0.481 e. The Hall–Kier alpha value is -4.14. The Morgan fingerprint density at radius 3 is 2.51 bits per heavy atom. The predicted molar refractivity (Wildman–Crippen MR) is 196 cm³/mol. The zero-order chi connectivity index (χ0) is 36.9. The van der Waals surface area contributed by atoms with Crippen molar-refractivity contribution >= 4 is 28.3 Å². The number of carbonyl (C=O) groups is 1. The molecule has 53 heavy (non-hydrogen) atoms. The average molecular weight is 736 g/mol. The molecular weight excluding hydrogens is 687 g/mol. The van der Waals surface area contributed by atoms with Gasteiger partial charge in [-0.25, -0.2) is 5.43 Å². The average Bonchev–Trinajstić information content (AvgIpc) is 3.87. The van der Waals surface area contributed by atoms with Gasteiger partial charge in [0.2, 0.25) is 5.91 Å². The minimum atomic E-state index is -4.56. The summed E-state index contributed by atoms with van der Waals surface area (Å²) in [6.45, 7) is 10.6. The van der Waals surface area contributed by atoms with Crippen molar-refractivity contribution in [2.24, 2.45) is 5.41 Å². The first-order valence-electron chi connectivity index (χ1n) is 18.8. The number of hydrogen-bond donors (Lipinski definition) is 2. The van der Waals surface area contributed by atoms with E-state index in [0.29, 0.717) is 61.6 Å². The number of alkyl halides is 3. The maximum atomic E-state index is 14.1. The normalized spacial score (nSPS) is 20.3. The monoisotopic (exact) mass is 735 g/mol. The van der Waals surface area contributed by atoms with Gasteiger partial charge in [0.15, 0.2) is 12.4 Å². The van der Waals surface area contributed by atoms with Crippen LogP contribution in [0.3, 0.4) is 0 Å². The topological polar surface area (TPSA) is 104 Å². The van der Waals surface area contributed by atoms with Crippen molar-refractivity contribution in [2.75, 3.05) is 76.5 Å². The standard InChI is InChI=1S/C39H48F3N7O4/c1-4-31(50)49-21-38(22-49)11-15-48(16-12-38)36-28-19-27(25-6-7-25)33(32-24(2)5-8-30-29(32)20-43-46-30)35(52-23-39(40,41)42)34(28)44-37(45-36)53-26-9-13-47(14-10-26)17-18-51-3/h4-5,8,19,25-26,43,46H,1,6-7,9-18,20-23H2,2-3H3. The fraction of sp³-hybridized carbons (Fsp3) is 0.564. The molecule has 4 aliphatic heterocycles. The van der Waals surface area contributed by atoms with E-state index in [1.165, 1.54) is 6.08 Å². The summed E-state index contributed by atoms with van der Waals surface area (Å²) in [5.41, 5.74) is 12.1. The number of ether oxygens (including phenoxy) is 3. The van der Waals surface area contributed by atoms with E-state index in [9.17, 15) is 18.0 Å². The molecule has 0 atom stereocenters. The summed E-state index contributed by atoms with van der Waals surface area (Å²) in [6.07, 6.45) is 1.79. The molecule has 5 heterocycles. The zero-order valence-corrected chi connectivity index (χ0v) is 30.5. The van der Waals surface area contributed by atoms with Crippen LogP contribution in [0, 0.1) is 12.3 Å². The van der Waals surface area contributed by atoms with E-state index < -0.39 is 12.8 Å². The van der Waals surface area contributed by atoms with Gasteiger partial charge in [-0.1, -0.05) is 12.6 Å². The van der Waals surface area contributed by atoms with Crippen LogP contribution in [0.25, 0.3) is 22.0 Å². The lowest BCUT2D eigenvalue weighted by Crippen LogP contribution is -2.61. The van der Waals surface area contributed by atoms with Gasteiger partial charge in [-0.3, -0.25) is 4.79 Å². The van der Waals surface area contributed by atoms with Gasteiger partial charge in [-0.05, 0) is 86.3 Å². The molecule has 2 aromatic carbocycles. The first kappa shape index (κ1) is 35.9. The number of nitrogens with one attached hydrogen (secondary N) is 2. The Labute approximate surface area is 307 Å². The van der Waals surface area contributed by atoms with Crippen LogP contribution in [0.4, 0.5) is 24.7 Å². The van der Waals surface area contributed by atoms with Gasteiger partial charge < -0.3 is 34.3 Å². The third kappa shape index (κ3) is 7.25. The van der Waals surface area contributed by atoms with Crippen molar-refractivity contribution in [3.63, 3.8) is 0 Å². The van der Waals surface area contributed by atoms with Gasteiger partial charge >= 0.3 is 12.2 Å². The lowest BCUT2D eigenvalue weighted by molar-refractivity contribution is -0.153. The van der Waals surface area contributed by atoms with Crippen molar-refractivity contribution in [3.05, 3.63) is 47.5 Å². The van der Waals surface area contributed by atoms with Crippen LogP contribution < -0.4 is 25.2 Å². The Kier molecular flexibility index (Phi) is 9.65. The summed E-state index contributed by atoms with van der Waals surface area (Å²) in [7, 11) is 1.70. The minimum absolute atomic E-state index is 0.0364. The number of hydrazine groups is 1. The highest BCUT2D eigenvalue weighted by Gasteiger charge is 2.47. The van der Waals surface area contributed by atoms with Crippen LogP contribution >= 0.6 is 0 Å². The number of fused-ring (bicyclic) bond motifs is 2. The number of rotatable bonds is 11. The molecule has 1 amide bonds. The van der Waals surface area contributed by atoms with E-state index in [0.717, 1.165) is 86.1 Å². The van der Waals surface area contributed by atoms with Crippen LogP contribution in [0.2, 0.25) is 0 Å². The number of methoxy groups -OCH3 is 1. The van der Waals surface area contributed by atoms with Gasteiger partial charge in [0.05, 0.1) is 12.3 Å². The summed E-state index contributed by atoms with van der Waals surface area (Å²) in [4.78, 5) is 28.6. The maximum Gasteiger partial charge on any atom is 0.422 e. The molecule has 1 aliphatic carbocycles. The molecule has 1 aromatic heterocycles. The molecule has 0 bridgehead atoms. The quantitative estimate of drug-likeness (QED) is 0.230. The SMILES string of the molecule is C=CC(=O)N1CC2(CCN(c3nc(OC4CCN(CCOC)CC4)nc4c(OCC(F)(F)F)c(-c5c(C)ccc6c5CNN6)c(C5CC5)cc34)CC2)C1. The Bertz CT molecular complexity index is 1880. The number of aryl methyl sites for hydroxylation is 1. The molecule has 0 radical (unpaired) electrons. The largest absolute Gasteiger partial charge is 0.481 e. The summed E-state index contributed by atoms with van der Waals surface area (Å²) < 4.78 is 60.0. The predicted octanol–water partition coefficient (Wildman–Crippen LogP) is 5.96. The smallest absolute Gasteiger partial charge is 0.422 e. The highest BCUT2D eigenvalue weighted by Crippen LogP contribution is 2.54. The molecule has 4 fully saturated rings. The molecule has 1 spiro atoms. The van der Waals surface area contributed by atoms with Gasteiger partial charge in [0.25, 0.3) is 0 Å². The van der Waals surface area contributed by atoms with E-state index in [-0.39, 0.29) is 35.1 Å². The van der Waals surface area contributed by atoms with Crippen LogP contribution in [-0.2, 0) is 16.1 Å². The Morgan fingerprint density at radius 2 is 1.83 bits per heavy atom. The number of carbonyl (C=O) groups excluding carboxylic acids is 1. The molecule has 0 unspecified atom stereocenters. The van der Waals surface area contributed by atoms with E-state index in [1.807, 2.05) is 24.0 Å². The second-order valence-electron chi connectivity index (χ2n) is 15.4. The van der Waals surface area contributed by atoms with E-state index >= 15 is 0 Å². The van der Waals surface area contributed by atoms with Crippen LogP contribution in [-0.4, -0.2) is 104 Å². The van der Waals surface area contributed by atoms with Crippen LogP contribution in [0.5, 0.6) is 11.8 Å². The molecule has 2 N–H and O–H groups in total. The lowest BCUT2D eigenvalue weighted by Gasteiger charge is -2.54. The van der Waals surface area contributed by atoms with E-state index in [2.05, 4.69) is 33.3 Å². The first-order valence-corrected chi connectivity index (χ1v) is 18.8. The molecule has 3 aromatic rings. The summed E-state index contributed by atoms with van der Waals surface area (Å²) in [5, 5.41) is 0.670. The molecule has 8 rings (SSSR count). The third-order valence-electron chi connectivity index (χ3n) is 11.7.